The molecule has 0 aliphatic heterocycles. The third-order valence-electron chi connectivity index (χ3n) is 3.92. The van der Waals surface area contributed by atoms with Gasteiger partial charge < -0.3 is 5.32 Å². The van der Waals surface area contributed by atoms with Crippen molar-refractivity contribution >= 4 is 11.6 Å². The van der Waals surface area contributed by atoms with Crippen molar-refractivity contribution in [1.29, 1.82) is 0 Å². The van der Waals surface area contributed by atoms with Crippen LogP contribution in [-0.2, 0) is 17.9 Å². The van der Waals surface area contributed by atoms with E-state index in [4.69, 9.17) is 0 Å². The van der Waals surface area contributed by atoms with Gasteiger partial charge in [-0.2, -0.15) is 10.2 Å². The Kier molecular flexibility index (Phi) is 4.77. The molecule has 1 atom stereocenters. The topological polar surface area (TPSA) is 108 Å². The summed E-state index contributed by atoms with van der Waals surface area (Å²) in [4.78, 5) is 22.6. The SMILES string of the molecule is CCn1ncc(CNC(=O)C(C)n2ncc([N+](=O)[O-])c2C)c1C. The number of nitrogens with one attached hydrogen (secondary N) is 1. The van der Waals surface area contributed by atoms with Crippen molar-refractivity contribution < 1.29 is 9.72 Å². The normalized spacial score (nSPS) is 12.2. The summed E-state index contributed by atoms with van der Waals surface area (Å²) in [6.45, 7) is 8.30. The maximum Gasteiger partial charge on any atom is 0.309 e. The van der Waals surface area contributed by atoms with Crippen molar-refractivity contribution in [2.24, 2.45) is 0 Å². The Bertz CT molecular complexity index is 733. The molecular weight excluding hydrogens is 300 g/mol. The molecule has 0 aliphatic rings. The third-order valence-corrected chi connectivity index (χ3v) is 3.92. The number of aryl methyl sites for hydroxylation is 1. The van der Waals surface area contributed by atoms with Crippen LogP contribution in [0.1, 0.15) is 36.8 Å². The summed E-state index contributed by atoms with van der Waals surface area (Å²) in [5.74, 6) is -0.255. The van der Waals surface area contributed by atoms with Gasteiger partial charge in [0.05, 0.1) is 11.1 Å². The van der Waals surface area contributed by atoms with E-state index >= 15 is 0 Å². The minimum atomic E-state index is -0.634. The van der Waals surface area contributed by atoms with Crippen LogP contribution in [0, 0.1) is 24.0 Å². The molecule has 1 amide bonds. The van der Waals surface area contributed by atoms with E-state index in [1.54, 1.807) is 20.0 Å². The smallest absolute Gasteiger partial charge is 0.309 e. The molecule has 0 spiro atoms. The summed E-state index contributed by atoms with van der Waals surface area (Å²) in [7, 11) is 0. The van der Waals surface area contributed by atoms with Crippen LogP contribution in [0.25, 0.3) is 0 Å². The van der Waals surface area contributed by atoms with Gasteiger partial charge in [-0.15, -0.1) is 0 Å². The lowest BCUT2D eigenvalue weighted by Crippen LogP contribution is -2.31. The van der Waals surface area contributed by atoms with Crippen LogP contribution in [-0.4, -0.2) is 30.4 Å². The first kappa shape index (κ1) is 16.7. The highest BCUT2D eigenvalue weighted by Crippen LogP contribution is 2.20. The first-order valence-corrected chi connectivity index (χ1v) is 7.34. The van der Waals surface area contributed by atoms with Crippen LogP contribution in [0.15, 0.2) is 12.4 Å². The Morgan fingerprint density at radius 2 is 2.04 bits per heavy atom. The van der Waals surface area contributed by atoms with Gasteiger partial charge in [0.1, 0.15) is 17.9 Å². The summed E-state index contributed by atoms with van der Waals surface area (Å²) >= 11 is 0. The Labute approximate surface area is 133 Å². The van der Waals surface area contributed by atoms with Crippen molar-refractivity contribution in [2.75, 3.05) is 0 Å². The molecule has 0 saturated heterocycles. The number of carbonyl (C=O) groups excluding carboxylic acids is 1. The van der Waals surface area contributed by atoms with E-state index < -0.39 is 11.0 Å². The number of carbonyl (C=O) groups is 1. The molecule has 0 aromatic carbocycles. The first-order chi connectivity index (χ1) is 10.9. The maximum atomic E-state index is 12.3. The van der Waals surface area contributed by atoms with E-state index in [0.717, 1.165) is 24.0 Å². The lowest BCUT2D eigenvalue weighted by Gasteiger charge is -2.14. The standard InChI is InChI=1S/C14H20N6O3/c1-5-18-9(2)12(7-16-18)6-15-14(21)11(4)19-10(3)13(8-17-19)20(22)23/h7-8,11H,5-6H2,1-4H3,(H,15,21). The molecule has 2 aromatic heterocycles. The molecule has 0 aliphatic carbocycles. The van der Waals surface area contributed by atoms with Gasteiger partial charge >= 0.3 is 5.69 Å². The Morgan fingerprint density at radius 3 is 2.57 bits per heavy atom. The fraction of sp³-hybridized carbons (Fsp3) is 0.500. The fourth-order valence-electron chi connectivity index (χ4n) is 2.40. The number of hydrogen-bond donors (Lipinski definition) is 1. The quantitative estimate of drug-likeness (QED) is 0.641. The zero-order valence-electron chi connectivity index (χ0n) is 13.6. The number of hydrogen-bond acceptors (Lipinski definition) is 5. The first-order valence-electron chi connectivity index (χ1n) is 7.34. The van der Waals surface area contributed by atoms with Gasteiger partial charge in [0.25, 0.3) is 0 Å². The second-order valence-corrected chi connectivity index (χ2v) is 5.28. The van der Waals surface area contributed by atoms with Crippen molar-refractivity contribution in [3.05, 3.63) is 39.5 Å². The highest BCUT2D eigenvalue weighted by molar-refractivity contribution is 5.80. The predicted octanol–water partition coefficient (Wildman–Crippen LogP) is 1.50. The van der Waals surface area contributed by atoms with Crippen LogP contribution in [0.4, 0.5) is 5.69 Å². The highest BCUT2D eigenvalue weighted by atomic mass is 16.6. The summed E-state index contributed by atoms with van der Waals surface area (Å²) in [5.41, 5.74) is 2.21. The Hall–Kier alpha value is -2.71. The average Bonchev–Trinajstić information content (AvgIpc) is 3.07. The summed E-state index contributed by atoms with van der Waals surface area (Å²) in [6, 6.07) is -0.634. The summed E-state index contributed by atoms with van der Waals surface area (Å²) in [5, 5.41) is 21.8. The molecule has 23 heavy (non-hydrogen) atoms. The van der Waals surface area contributed by atoms with E-state index in [-0.39, 0.29) is 11.6 Å². The Balaban J connectivity index is 2.05. The largest absolute Gasteiger partial charge is 0.350 e. The lowest BCUT2D eigenvalue weighted by molar-refractivity contribution is -0.385. The van der Waals surface area contributed by atoms with E-state index in [0.29, 0.717) is 12.2 Å². The second kappa shape index (κ2) is 6.59. The van der Waals surface area contributed by atoms with E-state index in [1.165, 1.54) is 4.68 Å². The molecule has 1 N–H and O–H groups in total. The molecule has 1 unspecified atom stereocenters. The third kappa shape index (κ3) is 3.22. The number of nitrogens with zero attached hydrogens (tertiary/aromatic N) is 5. The van der Waals surface area contributed by atoms with Gasteiger partial charge in [-0.25, -0.2) is 0 Å². The molecule has 0 bridgehead atoms. The zero-order chi connectivity index (χ0) is 17.1. The van der Waals surface area contributed by atoms with Gasteiger partial charge in [0, 0.05) is 24.3 Å². The molecule has 0 fully saturated rings. The van der Waals surface area contributed by atoms with Crippen LogP contribution in [0.5, 0.6) is 0 Å². The van der Waals surface area contributed by atoms with Gasteiger partial charge in [-0.3, -0.25) is 24.3 Å². The molecule has 2 rings (SSSR count). The number of amides is 1. The molecule has 0 radical (unpaired) electrons. The van der Waals surface area contributed by atoms with Crippen molar-refractivity contribution in [3.63, 3.8) is 0 Å². The number of nitro groups is 1. The lowest BCUT2D eigenvalue weighted by atomic mass is 10.2. The van der Waals surface area contributed by atoms with Gasteiger partial charge in [-0.05, 0) is 27.7 Å². The molecule has 0 saturated carbocycles. The van der Waals surface area contributed by atoms with Gasteiger partial charge in [0.2, 0.25) is 5.91 Å². The average molecular weight is 320 g/mol. The maximum absolute atomic E-state index is 12.3. The van der Waals surface area contributed by atoms with Crippen LogP contribution >= 0.6 is 0 Å². The molecule has 124 valence electrons. The van der Waals surface area contributed by atoms with Gasteiger partial charge in [-0.1, -0.05) is 0 Å². The zero-order valence-corrected chi connectivity index (χ0v) is 13.6. The molecule has 2 heterocycles. The predicted molar refractivity (Wildman–Crippen MR) is 82.8 cm³/mol. The van der Waals surface area contributed by atoms with E-state index in [1.807, 2.05) is 18.5 Å². The minimum absolute atomic E-state index is 0.0929. The van der Waals surface area contributed by atoms with Crippen molar-refractivity contribution in [1.82, 2.24) is 24.9 Å². The van der Waals surface area contributed by atoms with Crippen molar-refractivity contribution in [3.8, 4) is 0 Å². The molecule has 2 aromatic rings. The van der Waals surface area contributed by atoms with Crippen molar-refractivity contribution in [2.45, 2.75) is 46.8 Å². The van der Waals surface area contributed by atoms with Crippen LogP contribution in [0.2, 0.25) is 0 Å². The van der Waals surface area contributed by atoms with Gasteiger partial charge in [0.15, 0.2) is 0 Å². The monoisotopic (exact) mass is 320 g/mol. The molecular formula is C14H20N6O3. The summed E-state index contributed by atoms with van der Waals surface area (Å²) in [6.07, 6.45) is 2.89. The summed E-state index contributed by atoms with van der Waals surface area (Å²) < 4.78 is 3.21. The molecule has 9 heteroatoms. The Morgan fingerprint density at radius 1 is 1.35 bits per heavy atom. The molecule has 9 nitrogen and oxygen atoms in total. The number of aromatic nitrogens is 4. The van der Waals surface area contributed by atoms with E-state index in [9.17, 15) is 14.9 Å². The van der Waals surface area contributed by atoms with E-state index in [2.05, 4.69) is 15.5 Å². The van der Waals surface area contributed by atoms with Crippen LogP contribution in [0.3, 0.4) is 0 Å². The minimum Gasteiger partial charge on any atom is -0.350 e. The number of rotatable bonds is 6. The second-order valence-electron chi connectivity index (χ2n) is 5.28. The van der Waals surface area contributed by atoms with Crippen LogP contribution < -0.4 is 5.32 Å². The fourth-order valence-corrected chi connectivity index (χ4v) is 2.40. The highest BCUT2D eigenvalue weighted by Gasteiger charge is 2.23.